The zero-order chi connectivity index (χ0) is 16.4. The number of hydrogen-bond donors (Lipinski definition) is 0. The van der Waals surface area contributed by atoms with Gasteiger partial charge in [0.2, 0.25) is 0 Å². The summed E-state index contributed by atoms with van der Waals surface area (Å²) < 4.78 is 8.18. The van der Waals surface area contributed by atoms with Crippen LogP contribution in [0.4, 0.5) is 0 Å². The minimum absolute atomic E-state index is 0.154. The van der Waals surface area contributed by atoms with Gasteiger partial charge in [-0.25, -0.2) is 19.7 Å². The van der Waals surface area contributed by atoms with E-state index in [1.807, 2.05) is 24.3 Å². The molecule has 3 heterocycles. The van der Waals surface area contributed by atoms with Gasteiger partial charge < -0.3 is 4.74 Å². The molecule has 3 aromatic heterocycles. The number of nitrogens with zero attached hydrogens (tertiary/aromatic N) is 4. The lowest BCUT2D eigenvalue weighted by atomic mass is 10.2. The van der Waals surface area contributed by atoms with Gasteiger partial charge in [-0.1, -0.05) is 12.1 Å². The monoisotopic (exact) mass is 336 g/mol. The predicted molar refractivity (Wildman–Crippen MR) is 90.1 cm³/mol. The van der Waals surface area contributed by atoms with Crippen LogP contribution < -0.4 is 0 Å². The molecule has 118 valence electrons. The third-order valence-corrected chi connectivity index (χ3v) is 4.42. The Kier molecular flexibility index (Phi) is 3.76. The highest BCUT2D eigenvalue weighted by Gasteiger charge is 2.11. The number of esters is 1. The Balaban J connectivity index is 1.49. The second-order valence-corrected chi connectivity index (χ2v) is 6.14. The summed E-state index contributed by atoms with van der Waals surface area (Å²) in [7, 11) is 0. The first kappa shape index (κ1) is 14.5. The Bertz CT molecular complexity index is 962. The number of hydrogen-bond acceptors (Lipinski definition) is 6. The van der Waals surface area contributed by atoms with Gasteiger partial charge in [-0.3, -0.25) is 4.57 Å². The standard InChI is InChI=1S/C17H12N4O2S/c22-17(12-5-6-19-15(9-12)21-8-7-18-11-21)23-10-16-20-13-3-1-2-4-14(13)24-16/h1-9,11H,10H2. The van der Waals surface area contributed by atoms with Gasteiger partial charge in [-0.05, 0) is 24.3 Å². The number of carbonyl (C=O) groups excluding carboxylic acids is 1. The van der Waals surface area contributed by atoms with Crippen molar-refractivity contribution in [3.05, 3.63) is 71.9 Å². The quantitative estimate of drug-likeness (QED) is 0.535. The van der Waals surface area contributed by atoms with E-state index in [2.05, 4.69) is 15.0 Å². The highest BCUT2D eigenvalue weighted by molar-refractivity contribution is 7.18. The molecule has 0 radical (unpaired) electrons. The Morgan fingerprint density at radius 2 is 2.12 bits per heavy atom. The van der Waals surface area contributed by atoms with Crippen LogP contribution in [0.1, 0.15) is 15.4 Å². The summed E-state index contributed by atoms with van der Waals surface area (Å²) in [5.41, 5.74) is 1.36. The number of ether oxygens (including phenoxy) is 1. The minimum Gasteiger partial charge on any atom is -0.455 e. The van der Waals surface area contributed by atoms with E-state index in [1.54, 1.807) is 41.6 Å². The maximum Gasteiger partial charge on any atom is 0.338 e. The summed E-state index contributed by atoms with van der Waals surface area (Å²) >= 11 is 1.52. The Morgan fingerprint density at radius 1 is 1.21 bits per heavy atom. The zero-order valence-corrected chi connectivity index (χ0v) is 13.3. The van der Waals surface area contributed by atoms with E-state index in [0.717, 1.165) is 15.2 Å². The number of para-hydroxylation sites is 1. The fraction of sp³-hybridized carbons (Fsp3) is 0.0588. The molecule has 0 fully saturated rings. The molecule has 0 amide bonds. The second-order valence-electron chi connectivity index (χ2n) is 5.02. The van der Waals surface area contributed by atoms with Crippen LogP contribution in [0.3, 0.4) is 0 Å². The SMILES string of the molecule is O=C(OCc1nc2ccccc2s1)c1ccnc(-n2ccnc2)c1. The van der Waals surface area contributed by atoms with Crippen molar-refractivity contribution < 1.29 is 9.53 Å². The maximum absolute atomic E-state index is 12.3. The molecule has 0 aliphatic rings. The summed E-state index contributed by atoms with van der Waals surface area (Å²) in [6.45, 7) is 0.154. The van der Waals surface area contributed by atoms with Gasteiger partial charge in [-0.15, -0.1) is 11.3 Å². The first-order chi connectivity index (χ1) is 11.8. The van der Waals surface area contributed by atoms with E-state index in [-0.39, 0.29) is 6.61 Å². The summed E-state index contributed by atoms with van der Waals surface area (Å²) in [4.78, 5) is 24.9. The molecular weight excluding hydrogens is 324 g/mol. The number of benzene rings is 1. The van der Waals surface area contributed by atoms with Crippen molar-refractivity contribution in [2.45, 2.75) is 6.61 Å². The molecule has 0 N–H and O–H groups in total. The average molecular weight is 336 g/mol. The van der Waals surface area contributed by atoms with E-state index >= 15 is 0 Å². The maximum atomic E-state index is 12.3. The molecule has 4 rings (SSSR count). The second kappa shape index (κ2) is 6.21. The van der Waals surface area contributed by atoms with Crippen molar-refractivity contribution in [2.24, 2.45) is 0 Å². The van der Waals surface area contributed by atoms with Crippen molar-refractivity contribution in [1.29, 1.82) is 0 Å². The van der Waals surface area contributed by atoms with E-state index < -0.39 is 5.97 Å². The molecule has 0 saturated heterocycles. The molecule has 6 nitrogen and oxygen atoms in total. The zero-order valence-electron chi connectivity index (χ0n) is 12.5. The molecule has 4 aromatic rings. The number of aromatic nitrogens is 4. The first-order valence-corrected chi connectivity index (χ1v) is 8.07. The van der Waals surface area contributed by atoms with Crippen LogP contribution in [0.5, 0.6) is 0 Å². The van der Waals surface area contributed by atoms with Crippen molar-refractivity contribution in [2.75, 3.05) is 0 Å². The first-order valence-electron chi connectivity index (χ1n) is 7.25. The molecule has 0 saturated carbocycles. The lowest BCUT2D eigenvalue weighted by Crippen LogP contribution is -2.06. The van der Waals surface area contributed by atoms with Gasteiger partial charge in [0.25, 0.3) is 0 Å². The number of thiazole rings is 1. The Hall–Kier alpha value is -3.06. The van der Waals surface area contributed by atoms with E-state index in [1.165, 1.54) is 11.3 Å². The van der Waals surface area contributed by atoms with E-state index in [9.17, 15) is 4.79 Å². The summed E-state index contributed by atoms with van der Waals surface area (Å²) in [5, 5.41) is 0.772. The normalized spacial score (nSPS) is 10.8. The van der Waals surface area contributed by atoms with Crippen LogP contribution in [0.25, 0.3) is 16.0 Å². The lowest BCUT2D eigenvalue weighted by Gasteiger charge is -2.05. The summed E-state index contributed by atoms with van der Waals surface area (Å²) in [5.74, 6) is 0.208. The smallest absolute Gasteiger partial charge is 0.338 e. The fourth-order valence-corrected chi connectivity index (χ4v) is 3.15. The van der Waals surface area contributed by atoms with Gasteiger partial charge >= 0.3 is 5.97 Å². The van der Waals surface area contributed by atoms with Crippen LogP contribution in [0.15, 0.2) is 61.3 Å². The number of fused-ring (bicyclic) bond motifs is 1. The van der Waals surface area contributed by atoms with Crippen LogP contribution in [-0.2, 0) is 11.3 Å². The lowest BCUT2D eigenvalue weighted by molar-refractivity contribution is 0.0472. The summed E-state index contributed by atoms with van der Waals surface area (Å²) in [6.07, 6.45) is 6.61. The molecule has 0 unspecified atom stereocenters. The molecular formula is C17H12N4O2S. The molecule has 24 heavy (non-hydrogen) atoms. The van der Waals surface area contributed by atoms with Crippen LogP contribution >= 0.6 is 11.3 Å². The van der Waals surface area contributed by atoms with Gasteiger partial charge in [0.15, 0.2) is 0 Å². The third kappa shape index (κ3) is 2.89. The topological polar surface area (TPSA) is 69.9 Å². The molecule has 0 aliphatic heterocycles. The number of rotatable bonds is 4. The van der Waals surface area contributed by atoms with Crippen molar-refractivity contribution in [3.8, 4) is 5.82 Å². The molecule has 0 spiro atoms. The Morgan fingerprint density at radius 3 is 2.96 bits per heavy atom. The van der Waals surface area contributed by atoms with Crippen molar-refractivity contribution in [1.82, 2.24) is 19.5 Å². The number of imidazole rings is 1. The molecule has 0 atom stereocenters. The van der Waals surface area contributed by atoms with Gasteiger partial charge in [0.1, 0.15) is 23.8 Å². The average Bonchev–Trinajstić information content (AvgIpc) is 3.29. The largest absolute Gasteiger partial charge is 0.455 e. The molecule has 0 aliphatic carbocycles. The van der Waals surface area contributed by atoms with E-state index in [0.29, 0.717) is 11.4 Å². The minimum atomic E-state index is -0.405. The van der Waals surface area contributed by atoms with E-state index in [4.69, 9.17) is 4.74 Å². The number of carbonyl (C=O) groups is 1. The molecule has 1 aromatic carbocycles. The molecule has 7 heteroatoms. The highest BCUT2D eigenvalue weighted by atomic mass is 32.1. The summed E-state index contributed by atoms with van der Waals surface area (Å²) in [6, 6.07) is 11.1. The van der Waals surface area contributed by atoms with Crippen LogP contribution in [-0.4, -0.2) is 25.5 Å². The third-order valence-electron chi connectivity index (χ3n) is 3.42. The van der Waals surface area contributed by atoms with Crippen molar-refractivity contribution in [3.63, 3.8) is 0 Å². The van der Waals surface area contributed by atoms with Crippen molar-refractivity contribution >= 4 is 27.5 Å². The Labute approximate surface area is 141 Å². The van der Waals surface area contributed by atoms with Gasteiger partial charge in [0.05, 0.1) is 15.8 Å². The highest BCUT2D eigenvalue weighted by Crippen LogP contribution is 2.22. The number of pyridine rings is 1. The van der Waals surface area contributed by atoms with Crippen LogP contribution in [0, 0.1) is 0 Å². The fourth-order valence-electron chi connectivity index (χ4n) is 2.27. The molecule has 0 bridgehead atoms. The predicted octanol–water partition coefficient (Wildman–Crippen LogP) is 3.23. The van der Waals surface area contributed by atoms with Crippen LogP contribution in [0.2, 0.25) is 0 Å². The van der Waals surface area contributed by atoms with Gasteiger partial charge in [0, 0.05) is 18.6 Å². The van der Waals surface area contributed by atoms with Gasteiger partial charge in [-0.2, -0.15) is 0 Å².